The summed E-state index contributed by atoms with van der Waals surface area (Å²) in [7, 11) is 0. The molecule has 0 bridgehead atoms. The Labute approximate surface area is 106 Å². The third-order valence-electron chi connectivity index (χ3n) is 3.21. The predicted octanol–water partition coefficient (Wildman–Crippen LogP) is 5.92. The van der Waals surface area contributed by atoms with Gasteiger partial charge in [-0.15, -0.1) is 0 Å². The third kappa shape index (κ3) is 11.5. The summed E-state index contributed by atoms with van der Waals surface area (Å²) in [6.07, 6.45) is 11.5. The summed E-state index contributed by atoms with van der Waals surface area (Å²) in [6, 6.07) is 0. The van der Waals surface area contributed by atoms with E-state index >= 15 is 0 Å². The van der Waals surface area contributed by atoms with E-state index in [0.717, 1.165) is 0 Å². The Morgan fingerprint density at radius 3 is 1.93 bits per heavy atom. The van der Waals surface area contributed by atoms with Gasteiger partial charge in [-0.25, -0.2) is 0 Å². The van der Waals surface area contributed by atoms with E-state index in [2.05, 4.69) is 13.8 Å². The average Bonchev–Trinajstić information content (AvgIpc) is 2.27. The molecule has 0 aliphatic carbocycles. The van der Waals surface area contributed by atoms with E-state index in [1.807, 2.05) is 0 Å². The molecule has 0 heterocycles. The second kappa shape index (κ2) is 13.3. The Morgan fingerprint density at radius 2 is 1.33 bits per heavy atom. The summed E-state index contributed by atoms with van der Waals surface area (Å²) in [4.78, 5) is 0. The van der Waals surface area contributed by atoms with Crippen LogP contribution in [0.5, 0.6) is 0 Å². The zero-order valence-electron chi connectivity index (χ0n) is 10.6. The number of hydrogen-bond donors (Lipinski definition) is 0. The zero-order chi connectivity index (χ0) is 11.4. The van der Waals surface area contributed by atoms with Gasteiger partial charge in [-0.1, -0.05) is 0 Å². The first kappa shape index (κ1) is 16.3. The van der Waals surface area contributed by atoms with Crippen molar-refractivity contribution in [1.29, 1.82) is 0 Å². The Kier molecular flexibility index (Phi) is 14.5. The van der Waals surface area contributed by atoms with E-state index in [9.17, 15) is 0 Å². The molecule has 0 radical (unpaired) electrons. The van der Waals surface area contributed by atoms with Crippen LogP contribution in [0.15, 0.2) is 0 Å². The van der Waals surface area contributed by atoms with Crippen LogP contribution in [0.1, 0.15) is 65.2 Å². The fourth-order valence-electron chi connectivity index (χ4n) is 2.09. The van der Waals surface area contributed by atoms with Crippen molar-refractivity contribution in [1.82, 2.24) is 0 Å². The zero-order valence-corrected chi connectivity index (χ0v) is 15.3. The standard InChI is InChI=1S/C8H17.C4H9.PS.Zn/c1-3-5-7-8-6-4-2;1-3-4-2;1-2;/h1,3-8H2,2H3;1,3-4H2,2H3;;/q;;-1;+1. The molecule has 3 heteroatoms. The van der Waals surface area contributed by atoms with E-state index < -0.39 is 14.8 Å². The van der Waals surface area contributed by atoms with Crippen LogP contribution in [0, 0.1) is 0 Å². The van der Waals surface area contributed by atoms with Gasteiger partial charge in [0.05, 0.1) is 0 Å². The number of unbranched alkanes of at least 4 members (excludes halogenated alkanes) is 6. The van der Waals surface area contributed by atoms with E-state index in [4.69, 9.17) is 11.8 Å². The van der Waals surface area contributed by atoms with Crippen LogP contribution in [-0.4, -0.2) is 0 Å². The van der Waals surface area contributed by atoms with Gasteiger partial charge in [-0.05, 0) is 0 Å². The quantitative estimate of drug-likeness (QED) is 0.304. The van der Waals surface area contributed by atoms with Gasteiger partial charge in [-0.3, -0.25) is 0 Å². The summed E-state index contributed by atoms with van der Waals surface area (Å²) in [5.74, 6) is 0. The van der Waals surface area contributed by atoms with Gasteiger partial charge in [0, 0.05) is 0 Å². The molecule has 0 saturated heterocycles. The second-order valence-electron chi connectivity index (χ2n) is 4.76. The molecule has 87 valence electrons. The van der Waals surface area contributed by atoms with Gasteiger partial charge < -0.3 is 0 Å². The van der Waals surface area contributed by atoms with Crippen molar-refractivity contribution in [3.05, 3.63) is 0 Å². The first-order valence-corrected chi connectivity index (χ1v) is 17.2. The predicted molar refractivity (Wildman–Crippen MR) is 72.2 cm³/mol. The molecular weight excluding hydrogens is 273 g/mol. The molecule has 0 aromatic carbocycles. The van der Waals surface area contributed by atoms with Crippen LogP contribution < -0.4 is 0 Å². The van der Waals surface area contributed by atoms with Crippen molar-refractivity contribution < 1.29 is 14.8 Å². The van der Waals surface area contributed by atoms with Gasteiger partial charge in [0.15, 0.2) is 0 Å². The van der Waals surface area contributed by atoms with Gasteiger partial charge in [0.2, 0.25) is 0 Å². The molecule has 0 atom stereocenters. The molecule has 0 N–H and O–H groups in total. The maximum absolute atomic E-state index is 5.27. The van der Waals surface area contributed by atoms with Gasteiger partial charge in [0.1, 0.15) is 0 Å². The SMILES string of the molecule is CCCCCCC[CH2][Zn]([CH2]CCC)#[P]=S. The normalized spacial score (nSPS) is 9.67. The van der Waals surface area contributed by atoms with Crippen LogP contribution in [0.4, 0.5) is 0 Å². The molecule has 0 saturated carbocycles. The summed E-state index contributed by atoms with van der Waals surface area (Å²) in [5.41, 5.74) is 0. The van der Waals surface area contributed by atoms with E-state index in [-0.39, 0.29) is 0 Å². The van der Waals surface area contributed by atoms with Crippen molar-refractivity contribution in [2.24, 2.45) is 0 Å². The fourth-order valence-corrected chi connectivity index (χ4v) is 15.3. The average molecular weight is 299 g/mol. The monoisotopic (exact) mass is 297 g/mol. The van der Waals surface area contributed by atoms with Crippen LogP contribution in [0.2, 0.25) is 10.0 Å². The van der Waals surface area contributed by atoms with Crippen LogP contribution >= 0.6 is 5.02 Å². The molecular formula is C12H26PSZn. The number of hydrogen-bond acceptors (Lipinski definition) is 1. The topological polar surface area (TPSA) is 0 Å². The molecule has 0 aromatic rings. The molecule has 0 fully saturated rings. The van der Waals surface area contributed by atoms with Crippen molar-refractivity contribution in [3.8, 4) is 0 Å². The molecule has 15 heavy (non-hydrogen) atoms. The molecule has 0 rings (SSSR count). The summed E-state index contributed by atoms with van der Waals surface area (Å²) >= 11 is 4.11. The van der Waals surface area contributed by atoms with E-state index in [0.29, 0.717) is 0 Å². The molecule has 0 aliphatic heterocycles. The maximum atomic E-state index is 5.27. The van der Waals surface area contributed by atoms with Crippen molar-refractivity contribution in [2.75, 3.05) is 0 Å². The minimum absolute atomic E-state index is 1.16. The first-order valence-electron chi connectivity index (χ1n) is 6.91. The van der Waals surface area contributed by atoms with Crippen molar-refractivity contribution in [2.45, 2.75) is 75.2 Å². The Bertz CT molecular complexity index is 243. The van der Waals surface area contributed by atoms with Crippen LogP contribution in [-0.2, 0) is 26.6 Å². The van der Waals surface area contributed by atoms with Crippen LogP contribution in [0.3, 0.4) is 0 Å². The summed E-state index contributed by atoms with van der Waals surface area (Å²) in [6.45, 7) is 4.58. The van der Waals surface area contributed by atoms with Crippen molar-refractivity contribution in [3.63, 3.8) is 0 Å². The van der Waals surface area contributed by atoms with Gasteiger partial charge in [-0.2, -0.15) is 0 Å². The summed E-state index contributed by atoms with van der Waals surface area (Å²) in [5, 5.41) is 4.56. The van der Waals surface area contributed by atoms with Gasteiger partial charge >= 0.3 is 107 Å². The molecule has 0 amide bonds. The Morgan fingerprint density at radius 1 is 0.800 bits per heavy atom. The molecule has 0 aliphatic rings. The Hall–Kier alpha value is 1.27. The minimum atomic E-state index is -1.16. The van der Waals surface area contributed by atoms with E-state index in [1.54, 1.807) is 10.0 Å². The molecule has 0 nitrogen and oxygen atoms in total. The fraction of sp³-hybridized carbons (Fsp3) is 1.00. The molecule has 0 unspecified atom stereocenters. The first-order chi connectivity index (χ1) is 7.35. The van der Waals surface area contributed by atoms with E-state index in [1.165, 1.54) is 56.4 Å². The van der Waals surface area contributed by atoms with Crippen molar-refractivity contribution >= 4 is 16.8 Å². The summed E-state index contributed by atoms with van der Waals surface area (Å²) < 4.78 is 0. The number of rotatable bonds is 8. The molecule has 0 aromatic heterocycles. The van der Waals surface area contributed by atoms with Gasteiger partial charge in [0.25, 0.3) is 0 Å². The molecule has 0 spiro atoms. The second-order valence-corrected chi connectivity index (χ2v) is 21.6. The Balaban J connectivity index is 3.39. The third-order valence-corrected chi connectivity index (χ3v) is 20.4. The van der Waals surface area contributed by atoms with Crippen LogP contribution in [0.25, 0.3) is 0 Å².